The second kappa shape index (κ2) is 3.92. The predicted octanol–water partition coefficient (Wildman–Crippen LogP) is 0.963. The average Bonchev–Trinajstić information content (AvgIpc) is 2.66. The molecule has 0 aliphatic carbocycles. The maximum absolute atomic E-state index is 11.4. The molecule has 0 spiro atoms. The number of carbonyl (C=O) groups is 1. The molecule has 2 heterocycles. The van der Waals surface area contributed by atoms with Gasteiger partial charge in [0.2, 0.25) is 0 Å². The first kappa shape index (κ1) is 10.0. The third-order valence-electron chi connectivity index (χ3n) is 2.55. The van der Waals surface area contributed by atoms with Crippen molar-refractivity contribution >= 4 is 11.7 Å². The molecule has 0 unspecified atom stereocenters. The SMILES string of the molecule is CC(C)CCN1CNC(=O)c2[nH]cnc21. The zero-order valence-corrected chi connectivity index (χ0v) is 9.08. The van der Waals surface area contributed by atoms with Crippen LogP contribution in [0.5, 0.6) is 0 Å². The number of amides is 1. The minimum Gasteiger partial charge on any atom is -0.339 e. The fourth-order valence-electron chi connectivity index (χ4n) is 1.62. The first-order chi connectivity index (χ1) is 7.18. The Bertz CT molecular complexity index is 358. The molecule has 1 aliphatic heterocycles. The molecule has 0 bridgehead atoms. The number of carbonyl (C=O) groups excluding carboxylic acids is 1. The maximum Gasteiger partial charge on any atom is 0.272 e. The Labute approximate surface area is 88.9 Å². The molecular weight excluding hydrogens is 192 g/mol. The van der Waals surface area contributed by atoms with Crippen LogP contribution in [-0.4, -0.2) is 29.1 Å². The maximum atomic E-state index is 11.4. The van der Waals surface area contributed by atoms with Gasteiger partial charge in [-0.2, -0.15) is 0 Å². The third-order valence-corrected chi connectivity index (χ3v) is 2.55. The minimum absolute atomic E-state index is 0.0664. The standard InChI is InChI=1S/C10H16N4O/c1-7(2)3-4-14-6-13-10(15)8-9(14)12-5-11-8/h5,7H,3-4,6H2,1-2H3,(H,11,12)(H,13,15). The van der Waals surface area contributed by atoms with Gasteiger partial charge in [-0.15, -0.1) is 0 Å². The molecule has 1 amide bonds. The van der Waals surface area contributed by atoms with Crippen molar-refractivity contribution in [2.24, 2.45) is 5.92 Å². The minimum atomic E-state index is -0.0664. The van der Waals surface area contributed by atoms with Crippen LogP contribution < -0.4 is 10.2 Å². The van der Waals surface area contributed by atoms with Gasteiger partial charge < -0.3 is 15.2 Å². The Morgan fingerprint density at radius 2 is 2.40 bits per heavy atom. The van der Waals surface area contributed by atoms with Gasteiger partial charge in [-0.05, 0) is 12.3 Å². The van der Waals surface area contributed by atoms with Gasteiger partial charge in [0.1, 0.15) is 5.69 Å². The fraction of sp³-hybridized carbons (Fsp3) is 0.600. The van der Waals surface area contributed by atoms with Gasteiger partial charge in [-0.25, -0.2) is 4.98 Å². The van der Waals surface area contributed by atoms with Crippen LogP contribution in [0.4, 0.5) is 5.82 Å². The molecule has 0 aromatic carbocycles. The molecule has 0 fully saturated rings. The summed E-state index contributed by atoms with van der Waals surface area (Å²) in [4.78, 5) is 20.5. The highest BCUT2D eigenvalue weighted by Gasteiger charge is 2.24. The number of H-pyrrole nitrogens is 1. The fourth-order valence-corrected chi connectivity index (χ4v) is 1.62. The van der Waals surface area contributed by atoms with Crippen molar-refractivity contribution in [1.82, 2.24) is 15.3 Å². The second-order valence-corrected chi connectivity index (χ2v) is 4.21. The lowest BCUT2D eigenvalue weighted by atomic mass is 10.1. The van der Waals surface area contributed by atoms with Crippen LogP contribution in [-0.2, 0) is 0 Å². The van der Waals surface area contributed by atoms with E-state index in [1.165, 1.54) is 0 Å². The van der Waals surface area contributed by atoms with E-state index < -0.39 is 0 Å². The smallest absolute Gasteiger partial charge is 0.272 e. The van der Waals surface area contributed by atoms with Crippen molar-refractivity contribution in [3.63, 3.8) is 0 Å². The Hall–Kier alpha value is -1.52. The number of anilines is 1. The summed E-state index contributed by atoms with van der Waals surface area (Å²) in [7, 11) is 0. The molecule has 2 rings (SSSR count). The van der Waals surface area contributed by atoms with Gasteiger partial charge >= 0.3 is 0 Å². The topological polar surface area (TPSA) is 61.0 Å². The lowest BCUT2D eigenvalue weighted by molar-refractivity contribution is 0.0943. The summed E-state index contributed by atoms with van der Waals surface area (Å²) < 4.78 is 0. The number of imidazole rings is 1. The lowest BCUT2D eigenvalue weighted by Gasteiger charge is -2.28. The van der Waals surface area contributed by atoms with E-state index in [0.29, 0.717) is 18.3 Å². The number of hydrogen-bond acceptors (Lipinski definition) is 3. The molecular formula is C10H16N4O. The van der Waals surface area contributed by atoms with Crippen molar-refractivity contribution in [2.45, 2.75) is 20.3 Å². The number of hydrogen-bond donors (Lipinski definition) is 2. The zero-order valence-electron chi connectivity index (χ0n) is 9.08. The van der Waals surface area contributed by atoms with Crippen molar-refractivity contribution in [2.75, 3.05) is 18.1 Å². The van der Waals surface area contributed by atoms with Crippen molar-refractivity contribution in [1.29, 1.82) is 0 Å². The van der Waals surface area contributed by atoms with Crippen molar-refractivity contribution in [3.8, 4) is 0 Å². The normalized spacial score (nSPS) is 15.4. The number of nitrogens with zero attached hydrogens (tertiary/aromatic N) is 2. The molecule has 1 aromatic heterocycles. The van der Waals surface area contributed by atoms with Gasteiger partial charge in [0.05, 0.1) is 13.0 Å². The van der Waals surface area contributed by atoms with Crippen molar-refractivity contribution < 1.29 is 4.79 Å². The van der Waals surface area contributed by atoms with Crippen LogP contribution >= 0.6 is 0 Å². The molecule has 2 N–H and O–H groups in total. The van der Waals surface area contributed by atoms with E-state index in [-0.39, 0.29) is 5.91 Å². The van der Waals surface area contributed by atoms with E-state index >= 15 is 0 Å². The highest BCUT2D eigenvalue weighted by Crippen LogP contribution is 2.19. The van der Waals surface area contributed by atoms with Gasteiger partial charge in [0.25, 0.3) is 5.91 Å². The first-order valence-electron chi connectivity index (χ1n) is 5.25. The van der Waals surface area contributed by atoms with Gasteiger partial charge in [0.15, 0.2) is 5.82 Å². The highest BCUT2D eigenvalue weighted by atomic mass is 16.2. The lowest BCUT2D eigenvalue weighted by Crippen LogP contribution is -2.44. The number of aromatic nitrogens is 2. The number of rotatable bonds is 3. The van der Waals surface area contributed by atoms with Gasteiger partial charge in [0, 0.05) is 6.54 Å². The summed E-state index contributed by atoms with van der Waals surface area (Å²) >= 11 is 0. The number of nitrogens with one attached hydrogen (secondary N) is 2. The van der Waals surface area contributed by atoms with Crippen LogP contribution in [0.15, 0.2) is 6.33 Å². The molecule has 1 aromatic rings. The van der Waals surface area contributed by atoms with Crippen LogP contribution in [0.1, 0.15) is 30.8 Å². The molecule has 1 aliphatic rings. The van der Waals surface area contributed by atoms with Crippen LogP contribution in [0.3, 0.4) is 0 Å². The summed E-state index contributed by atoms with van der Waals surface area (Å²) in [5, 5.41) is 2.81. The zero-order chi connectivity index (χ0) is 10.8. The van der Waals surface area contributed by atoms with E-state index in [1.54, 1.807) is 6.33 Å². The molecule has 0 saturated carbocycles. The monoisotopic (exact) mass is 208 g/mol. The van der Waals surface area contributed by atoms with E-state index in [4.69, 9.17) is 0 Å². The summed E-state index contributed by atoms with van der Waals surface area (Å²) in [5.74, 6) is 1.37. The Balaban J connectivity index is 2.10. The third kappa shape index (κ3) is 1.95. The highest BCUT2D eigenvalue weighted by molar-refractivity contribution is 5.98. The van der Waals surface area contributed by atoms with E-state index in [9.17, 15) is 4.79 Å². The molecule has 5 nitrogen and oxygen atoms in total. The van der Waals surface area contributed by atoms with Gasteiger partial charge in [-0.3, -0.25) is 4.79 Å². The average molecular weight is 208 g/mol. The molecule has 0 atom stereocenters. The van der Waals surface area contributed by atoms with Crippen LogP contribution in [0.2, 0.25) is 0 Å². The Morgan fingerprint density at radius 1 is 1.60 bits per heavy atom. The van der Waals surface area contributed by atoms with E-state index in [1.807, 2.05) is 0 Å². The molecule has 5 heteroatoms. The molecule has 0 saturated heterocycles. The molecule has 0 radical (unpaired) electrons. The Morgan fingerprint density at radius 3 is 3.13 bits per heavy atom. The summed E-state index contributed by atoms with van der Waals surface area (Å²) in [5.41, 5.74) is 0.574. The first-order valence-corrected chi connectivity index (χ1v) is 5.25. The van der Waals surface area contributed by atoms with Crippen LogP contribution in [0.25, 0.3) is 0 Å². The Kier molecular flexibility index (Phi) is 2.62. The summed E-state index contributed by atoms with van der Waals surface area (Å²) in [6.07, 6.45) is 2.67. The van der Waals surface area contributed by atoms with E-state index in [2.05, 4.69) is 34.0 Å². The van der Waals surface area contributed by atoms with Crippen molar-refractivity contribution in [3.05, 3.63) is 12.0 Å². The predicted molar refractivity (Wildman–Crippen MR) is 57.7 cm³/mol. The van der Waals surface area contributed by atoms with E-state index in [0.717, 1.165) is 18.8 Å². The number of aromatic amines is 1. The molecule has 82 valence electrons. The largest absolute Gasteiger partial charge is 0.339 e. The number of fused-ring (bicyclic) bond motifs is 1. The summed E-state index contributed by atoms with van der Waals surface area (Å²) in [6, 6.07) is 0. The summed E-state index contributed by atoms with van der Waals surface area (Å²) in [6.45, 7) is 5.86. The van der Waals surface area contributed by atoms with Gasteiger partial charge in [-0.1, -0.05) is 13.8 Å². The second-order valence-electron chi connectivity index (χ2n) is 4.21. The quantitative estimate of drug-likeness (QED) is 0.778. The molecule has 15 heavy (non-hydrogen) atoms. The van der Waals surface area contributed by atoms with Crippen LogP contribution in [0, 0.1) is 5.92 Å².